The van der Waals surface area contributed by atoms with Gasteiger partial charge in [0, 0.05) is 27.8 Å². The summed E-state index contributed by atoms with van der Waals surface area (Å²) in [6, 6.07) is 12.2. The lowest BCUT2D eigenvalue weighted by Crippen LogP contribution is -1.91. The van der Waals surface area contributed by atoms with Crippen molar-refractivity contribution in [2.75, 3.05) is 0 Å². The number of fused-ring (bicyclic) bond motifs is 2. The monoisotopic (exact) mass is 295 g/mol. The van der Waals surface area contributed by atoms with Gasteiger partial charge in [0.1, 0.15) is 6.33 Å². The van der Waals surface area contributed by atoms with Gasteiger partial charge in [0.25, 0.3) is 0 Å². The number of hydrogen-bond donors (Lipinski definition) is 1. The number of aryl methyl sites for hydroxylation is 1. The molecule has 0 saturated carbocycles. The zero-order valence-corrected chi connectivity index (χ0v) is 12.4. The molecular weight excluding hydrogens is 282 g/mol. The Morgan fingerprint density at radius 3 is 2.95 bits per heavy atom. The Labute approximate surface area is 127 Å². The summed E-state index contributed by atoms with van der Waals surface area (Å²) in [5.74, 6) is 0. The minimum absolute atomic E-state index is 0.710. The second kappa shape index (κ2) is 4.64. The van der Waals surface area contributed by atoms with E-state index in [2.05, 4.69) is 45.9 Å². The lowest BCUT2D eigenvalue weighted by Gasteiger charge is -2.05. The van der Waals surface area contributed by atoms with Crippen LogP contribution in [-0.4, -0.2) is 14.5 Å². The summed E-state index contributed by atoms with van der Waals surface area (Å²) in [7, 11) is 0. The first kappa shape index (κ1) is 12.5. The van der Waals surface area contributed by atoms with Gasteiger partial charge in [-0.2, -0.15) is 0 Å². The van der Waals surface area contributed by atoms with Crippen LogP contribution < -0.4 is 0 Å². The highest BCUT2D eigenvalue weighted by Gasteiger charge is 2.08. The SMILES string of the molecule is CCc1c[nH]c2ccc(-n3cnc4cc(Cl)ccc43)cc12. The molecule has 0 aliphatic rings. The highest BCUT2D eigenvalue weighted by molar-refractivity contribution is 6.31. The summed E-state index contributed by atoms with van der Waals surface area (Å²) in [6.45, 7) is 2.17. The van der Waals surface area contributed by atoms with E-state index in [1.807, 2.05) is 24.5 Å². The number of nitrogens with one attached hydrogen (secondary N) is 1. The first-order chi connectivity index (χ1) is 10.3. The van der Waals surface area contributed by atoms with Crippen molar-refractivity contribution < 1.29 is 0 Å². The molecule has 2 aromatic heterocycles. The molecule has 4 heteroatoms. The number of imidazole rings is 1. The summed E-state index contributed by atoms with van der Waals surface area (Å²) in [5.41, 5.74) is 5.59. The van der Waals surface area contributed by atoms with E-state index in [9.17, 15) is 0 Å². The molecule has 1 N–H and O–H groups in total. The third-order valence-corrected chi connectivity index (χ3v) is 4.15. The van der Waals surface area contributed by atoms with Crippen molar-refractivity contribution >= 4 is 33.5 Å². The molecule has 2 aromatic carbocycles. The Morgan fingerprint density at radius 2 is 2.10 bits per heavy atom. The predicted molar refractivity (Wildman–Crippen MR) is 87.3 cm³/mol. The Morgan fingerprint density at radius 1 is 1.19 bits per heavy atom. The maximum absolute atomic E-state index is 6.02. The number of nitrogens with zero attached hydrogens (tertiary/aromatic N) is 2. The van der Waals surface area contributed by atoms with Crippen molar-refractivity contribution in [3.05, 3.63) is 59.5 Å². The van der Waals surface area contributed by atoms with E-state index in [4.69, 9.17) is 11.6 Å². The maximum atomic E-state index is 6.02. The molecule has 0 unspecified atom stereocenters. The zero-order chi connectivity index (χ0) is 14.4. The lowest BCUT2D eigenvalue weighted by atomic mass is 10.1. The number of aromatic nitrogens is 3. The van der Waals surface area contributed by atoms with Gasteiger partial charge in [0.2, 0.25) is 0 Å². The van der Waals surface area contributed by atoms with Crippen LogP contribution in [0.15, 0.2) is 48.9 Å². The minimum Gasteiger partial charge on any atom is -0.361 e. The zero-order valence-electron chi connectivity index (χ0n) is 11.6. The van der Waals surface area contributed by atoms with Crippen molar-refractivity contribution in [3.8, 4) is 5.69 Å². The van der Waals surface area contributed by atoms with Gasteiger partial charge in [-0.05, 0) is 48.4 Å². The molecule has 4 rings (SSSR count). The van der Waals surface area contributed by atoms with Crippen LogP contribution in [0.2, 0.25) is 5.02 Å². The molecule has 0 radical (unpaired) electrons. The van der Waals surface area contributed by atoms with Gasteiger partial charge in [-0.1, -0.05) is 18.5 Å². The number of H-pyrrole nitrogens is 1. The number of halogens is 1. The van der Waals surface area contributed by atoms with Crippen molar-refractivity contribution in [1.82, 2.24) is 14.5 Å². The molecule has 3 nitrogen and oxygen atoms in total. The lowest BCUT2D eigenvalue weighted by molar-refractivity contribution is 1.09. The average Bonchev–Trinajstić information content (AvgIpc) is 3.09. The van der Waals surface area contributed by atoms with Crippen molar-refractivity contribution in [2.45, 2.75) is 13.3 Å². The van der Waals surface area contributed by atoms with Crippen LogP contribution in [0.4, 0.5) is 0 Å². The largest absolute Gasteiger partial charge is 0.361 e. The van der Waals surface area contributed by atoms with Crippen molar-refractivity contribution in [2.24, 2.45) is 0 Å². The van der Waals surface area contributed by atoms with Crippen molar-refractivity contribution in [1.29, 1.82) is 0 Å². The summed E-state index contributed by atoms with van der Waals surface area (Å²) >= 11 is 6.02. The molecule has 0 bridgehead atoms. The molecule has 0 aliphatic heterocycles. The average molecular weight is 296 g/mol. The molecule has 0 aliphatic carbocycles. The quantitative estimate of drug-likeness (QED) is 0.570. The Bertz CT molecular complexity index is 949. The highest BCUT2D eigenvalue weighted by atomic mass is 35.5. The summed E-state index contributed by atoms with van der Waals surface area (Å²) < 4.78 is 2.09. The molecule has 0 spiro atoms. The fourth-order valence-electron chi connectivity index (χ4n) is 2.80. The van der Waals surface area contributed by atoms with E-state index >= 15 is 0 Å². The molecule has 0 atom stereocenters. The van der Waals surface area contributed by atoms with Crippen LogP contribution in [0, 0.1) is 0 Å². The standard InChI is InChI=1S/C17H14ClN3/c1-2-11-9-19-15-5-4-13(8-14(11)15)21-10-20-16-7-12(18)3-6-17(16)21/h3-10,19H,2H2,1H3. The maximum Gasteiger partial charge on any atom is 0.100 e. The summed E-state index contributed by atoms with van der Waals surface area (Å²) in [6.07, 6.45) is 4.95. The van der Waals surface area contributed by atoms with Crippen LogP contribution in [-0.2, 0) is 6.42 Å². The Kier molecular flexibility index (Phi) is 2.76. The second-order valence-electron chi connectivity index (χ2n) is 5.14. The van der Waals surface area contributed by atoms with Crippen LogP contribution >= 0.6 is 11.6 Å². The van der Waals surface area contributed by atoms with Gasteiger partial charge in [0.05, 0.1) is 11.0 Å². The van der Waals surface area contributed by atoms with Gasteiger partial charge in [-0.15, -0.1) is 0 Å². The number of hydrogen-bond acceptors (Lipinski definition) is 1. The topological polar surface area (TPSA) is 33.6 Å². The molecule has 4 aromatic rings. The van der Waals surface area contributed by atoms with Crippen LogP contribution in [0.1, 0.15) is 12.5 Å². The van der Waals surface area contributed by atoms with E-state index < -0.39 is 0 Å². The van der Waals surface area contributed by atoms with Crippen LogP contribution in [0.5, 0.6) is 0 Å². The van der Waals surface area contributed by atoms with E-state index in [1.165, 1.54) is 16.5 Å². The summed E-state index contributed by atoms with van der Waals surface area (Å²) in [5, 5.41) is 1.98. The first-order valence-electron chi connectivity index (χ1n) is 6.99. The van der Waals surface area contributed by atoms with Crippen molar-refractivity contribution in [3.63, 3.8) is 0 Å². The van der Waals surface area contributed by atoms with E-state index in [0.29, 0.717) is 5.02 Å². The Hall–Kier alpha value is -2.26. The smallest absolute Gasteiger partial charge is 0.100 e. The minimum atomic E-state index is 0.710. The predicted octanol–water partition coefficient (Wildman–Crippen LogP) is 4.72. The normalized spacial score (nSPS) is 11.5. The third kappa shape index (κ3) is 1.93. The molecular formula is C17H14ClN3. The molecule has 104 valence electrons. The van der Waals surface area contributed by atoms with Gasteiger partial charge in [-0.25, -0.2) is 4.98 Å². The molecule has 0 saturated heterocycles. The first-order valence-corrected chi connectivity index (χ1v) is 7.37. The molecule has 21 heavy (non-hydrogen) atoms. The molecule has 0 amide bonds. The van der Waals surface area contributed by atoms with Crippen LogP contribution in [0.25, 0.3) is 27.6 Å². The second-order valence-corrected chi connectivity index (χ2v) is 5.58. The number of benzene rings is 2. The van der Waals surface area contributed by atoms with Gasteiger partial charge >= 0.3 is 0 Å². The van der Waals surface area contributed by atoms with Crippen LogP contribution in [0.3, 0.4) is 0 Å². The number of rotatable bonds is 2. The van der Waals surface area contributed by atoms with Gasteiger partial charge < -0.3 is 4.98 Å². The fourth-order valence-corrected chi connectivity index (χ4v) is 2.97. The Balaban J connectivity index is 1.95. The van der Waals surface area contributed by atoms with E-state index in [1.54, 1.807) is 0 Å². The van der Waals surface area contributed by atoms with Gasteiger partial charge in [0.15, 0.2) is 0 Å². The third-order valence-electron chi connectivity index (χ3n) is 3.92. The van der Waals surface area contributed by atoms with Gasteiger partial charge in [-0.3, -0.25) is 4.57 Å². The molecule has 0 fully saturated rings. The summed E-state index contributed by atoms with van der Waals surface area (Å²) in [4.78, 5) is 7.75. The van der Waals surface area contributed by atoms with E-state index in [-0.39, 0.29) is 0 Å². The fraction of sp³-hybridized carbons (Fsp3) is 0.118. The highest BCUT2D eigenvalue weighted by Crippen LogP contribution is 2.25. The number of aromatic amines is 1. The molecule has 2 heterocycles. The van der Waals surface area contributed by atoms with E-state index in [0.717, 1.165) is 23.1 Å².